The van der Waals surface area contributed by atoms with E-state index < -0.39 is 47.5 Å². The van der Waals surface area contributed by atoms with Crippen LogP contribution in [0.5, 0.6) is 0 Å². The molecule has 0 heterocycles. The zero-order chi connectivity index (χ0) is 44.2. The third kappa shape index (κ3) is 14.2. The summed E-state index contributed by atoms with van der Waals surface area (Å²) in [6.07, 6.45) is 7.94. The van der Waals surface area contributed by atoms with E-state index in [-0.39, 0.29) is 43.8 Å². The van der Waals surface area contributed by atoms with Crippen molar-refractivity contribution in [3.8, 4) is 0 Å². The van der Waals surface area contributed by atoms with Crippen LogP contribution in [-0.2, 0) is 40.8 Å². The highest BCUT2D eigenvalue weighted by Gasteiger charge is 2.38. The number of amides is 4. The molecule has 0 saturated heterocycles. The average Bonchev–Trinajstić information content (AvgIpc) is 3.29. The fraction of sp³-hybridized carbons (Fsp3) is 0.392. The van der Waals surface area contributed by atoms with Gasteiger partial charge in [-0.2, -0.15) is 0 Å². The van der Waals surface area contributed by atoms with Gasteiger partial charge in [-0.15, -0.1) is 0 Å². The highest BCUT2D eigenvalue weighted by atomic mass is 16.5. The lowest BCUT2D eigenvalue weighted by Crippen LogP contribution is -2.55. The second-order valence-electron chi connectivity index (χ2n) is 16.4. The Morgan fingerprint density at radius 3 is 1.74 bits per heavy atom. The van der Waals surface area contributed by atoms with Crippen LogP contribution in [0, 0.1) is 11.8 Å². The SMILES string of the molecule is CCOC(=O)/C=C/[C@H](CCC(=O)NC(c1ccccc1)(c1ccccc1)c1ccccc1)NC(=O)[C@H](CC1CCCCC1)NC(=O)[C@H](CC(C)C)NC(=O)OCc1ccccc1. The van der Waals surface area contributed by atoms with E-state index in [1.165, 1.54) is 12.2 Å². The van der Waals surface area contributed by atoms with Crippen LogP contribution < -0.4 is 21.3 Å². The predicted octanol–water partition coefficient (Wildman–Crippen LogP) is 8.28. The molecule has 4 N–H and O–H groups in total. The summed E-state index contributed by atoms with van der Waals surface area (Å²) >= 11 is 0. The fourth-order valence-electron chi connectivity index (χ4n) is 8.09. The lowest BCUT2D eigenvalue weighted by molar-refractivity contribution is -0.137. The number of esters is 1. The zero-order valence-corrected chi connectivity index (χ0v) is 36.2. The summed E-state index contributed by atoms with van der Waals surface area (Å²) in [7, 11) is 0. The molecule has 11 heteroatoms. The molecule has 0 radical (unpaired) electrons. The van der Waals surface area contributed by atoms with Gasteiger partial charge in [0.15, 0.2) is 0 Å². The Balaban J connectivity index is 1.36. The first-order valence-corrected chi connectivity index (χ1v) is 22.0. The largest absolute Gasteiger partial charge is 0.463 e. The van der Waals surface area contributed by atoms with Crippen LogP contribution in [0.2, 0.25) is 0 Å². The lowest BCUT2D eigenvalue weighted by Gasteiger charge is -2.37. The van der Waals surface area contributed by atoms with E-state index in [1.807, 2.05) is 135 Å². The molecular weight excluding hydrogens is 781 g/mol. The van der Waals surface area contributed by atoms with Crippen LogP contribution in [0.15, 0.2) is 133 Å². The van der Waals surface area contributed by atoms with Crippen LogP contribution in [0.3, 0.4) is 0 Å². The van der Waals surface area contributed by atoms with E-state index in [2.05, 4.69) is 21.3 Å². The molecule has 328 valence electrons. The average molecular weight is 843 g/mol. The van der Waals surface area contributed by atoms with Crippen LogP contribution in [0.25, 0.3) is 0 Å². The van der Waals surface area contributed by atoms with Gasteiger partial charge in [0.05, 0.1) is 6.61 Å². The first-order chi connectivity index (χ1) is 30.1. The second-order valence-corrected chi connectivity index (χ2v) is 16.4. The molecule has 0 spiro atoms. The minimum atomic E-state index is -1.04. The molecule has 0 bridgehead atoms. The first kappa shape index (κ1) is 46.8. The van der Waals surface area contributed by atoms with Gasteiger partial charge < -0.3 is 30.7 Å². The van der Waals surface area contributed by atoms with E-state index in [9.17, 15) is 24.0 Å². The molecule has 11 nitrogen and oxygen atoms in total. The van der Waals surface area contributed by atoms with Crippen molar-refractivity contribution in [2.75, 3.05) is 6.61 Å². The van der Waals surface area contributed by atoms with Gasteiger partial charge in [0.2, 0.25) is 17.7 Å². The summed E-state index contributed by atoms with van der Waals surface area (Å²) in [5, 5.41) is 12.1. The van der Waals surface area contributed by atoms with Crippen molar-refractivity contribution in [1.82, 2.24) is 21.3 Å². The summed E-state index contributed by atoms with van der Waals surface area (Å²) in [5.74, 6) is -1.57. The smallest absolute Gasteiger partial charge is 0.408 e. The minimum Gasteiger partial charge on any atom is -0.463 e. The van der Waals surface area contributed by atoms with Gasteiger partial charge in [-0.05, 0) is 60.3 Å². The third-order valence-electron chi connectivity index (χ3n) is 11.2. The van der Waals surface area contributed by atoms with Crippen molar-refractivity contribution in [2.45, 2.75) is 109 Å². The molecule has 3 atom stereocenters. The van der Waals surface area contributed by atoms with Gasteiger partial charge in [-0.25, -0.2) is 9.59 Å². The molecular formula is C51H62N4O7. The Bertz CT molecular complexity index is 1940. The normalized spacial score (nSPS) is 14.6. The first-order valence-electron chi connectivity index (χ1n) is 22.0. The number of nitrogens with one attached hydrogen (secondary N) is 4. The molecule has 0 aliphatic heterocycles. The highest BCUT2D eigenvalue weighted by Crippen LogP contribution is 2.37. The summed E-state index contributed by atoms with van der Waals surface area (Å²) in [5.41, 5.74) is 2.38. The van der Waals surface area contributed by atoms with E-state index >= 15 is 0 Å². The van der Waals surface area contributed by atoms with E-state index in [0.29, 0.717) is 12.8 Å². The van der Waals surface area contributed by atoms with Crippen LogP contribution in [-0.4, -0.2) is 54.5 Å². The highest BCUT2D eigenvalue weighted by molar-refractivity contribution is 5.91. The second kappa shape index (κ2) is 24.3. The Hall–Kier alpha value is -6.23. The van der Waals surface area contributed by atoms with Crippen molar-refractivity contribution >= 4 is 29.8 Å². The molecule has 4 aromatic rings. The Morgan fingerprint density at radius 2 is 1.21 bits per heavy atom. The molecule has 4 amide bonds. The van der Waals surface area contributed by atoms with Gasteiger partial charge in [0.25, 0.3) is 0 Å². The molecule has 62 heavy (non-hydrogen) atoms. The molecule has 5 rings (SSSR count). The maximum atomic E-state index is 14.4. The van der Waals surface area contributed by atoms with Gasteiger partial charge >= 0.3 is 12.1 Å². The van der Waals surface area contributed by atoms with E-state index in [1.54, 1.807) is 6.92 Å². The summed E-state index contributed by atoms with van der Waals surface area (Å²) in [6.45, 7) is 5.81. The topological polar surface area (TPSA) is 152 Å². The standard InChI is InChI=1S/C51H62N4O7/c1-4-61-47(57)33-31-43(30-32-46(56)55-51(40-24-14-7-15-25-40,41-26-16-8-17-27-41)42-28-18-9-19-29-42)52-48(58)45(35-38-20-10-5-11-21-38)53-49(59)44(34-37(2)3)54-50(60)62-36-39-22-12-6-13-23-39/h6-9,12-19,22-29,31,33,37-38,43-45H,4-5,10-11,20-21,30,32,34-36H2,1-3H3,(H,52,58)(H,53,59)(H,54,60)(H,55,56)/b33-31+/t43-,44-,45-/m0/s1. The van der Waals surface area contributed by atoms with Crippen molar-refractivity contribution in [3.05, 3.63) is 156 Å². The number of hydrogen-bond donors (Lipinski definition) is 4. The summed E-state index contributed by atoms with van der Waals surface area (Å²) < 4.78 is 10.6. The van der Waals surface area contributed by atoms with Gasteiger partial charge in [0, 0.05) is 18.5 Å². The molecule has 1 saturated carbocycles. The summed E-state index contributed by atoms with van der Waals surface area (Å²) in [4.78, 5) is 68.2. The summed E-state index contributed by atoms with van der Waals surface area (Å²) in [6, 6.07) is 35.9. The number of hydrogen-bond acceptors (Lipinski definition) is 7. The number of carbonyl (C=O) groups excluding carboxylic acids is 5. The number of ether oxygens (including phenoxy) is 2. The lowest BCUT2D eigenvalue weighted by atomic mass is 9.77. The minimum absolute atomic E-state index is 0.0164. The van der Waals surface area contributed by atoms with Gasteiger partial charge in [-0.3, -0.25) is 14.4 Å². The quantitative estimate of drug-likeness (QED) is 0.0375. The third-order valence-corrected chi connectivity index (χ3v) is 11.2. The van der Waals surface area contributed by atoms with Crippen molar-refractivity contribution in [3.63, 3.8) is 0 Å². The van der Waals surface area contributed by atoms with E-state index in [0.717, 1.165) is 54.4 Å². The van der Waals surface area contributed by atoms with Crippen molar-refractivity contribution in [1.29, 1.82) is 0 Å². The van der Waals surface area contributed by atoms with Crippen LogP contribution in [0.1, 0.15) is 101 Å². The monoisotopic (exact) mass is 842 g/mol. The van der Waals surface area contributed by atoms with Crippen molar-refractivity contribution in [2.24, 2.45) is 11.8 Å². The Labute approximate surface area is 366 Å². The number of benzene rings is 4. The Morgan fingerprint density at radius 1 is 0.677 bits per heavy atom. The van der Waals surface area contributed by atoms with Gasteiger partial charge in [0.1, 0.15) is 24.2 Å². The maximum absolute atomic E-state index is 14.4. The van der Waals surface area contributed by atoms with Crippen LogP contribution in [0.4, 0.5) is 4.79 Å². The maximum Gasteiger partial charge on any atom is 0.408 e. The van der Waals surface area contributed by atoms with Crippen LogP contribution >= 0.6 is 0 Å². The van der Waals surface area contributed by atoms with E-state index in [4.69, 9.17) is 9.47 Å². The molecule has 4 aromatic carbocycles. The molecule has 1 fully saturated rings. The zero-order valence-electron chi connectivity index (χ0n) is 36.2. The molecule has 0 aromatic heterocycles. The van der Waals surface area contributed by atoms with Crippen molar-refractivity contribution < 1.29 is 33.4 Å². The predicted molar refractivity (Wildman–Crippen MR) is 240 cm³/mol. The number of carbonyl (C=O) groups is 5. The fourth-order valence-corrected chi connectivity index (χ4v) is 8.09. The number of alkyl carbamates (subject to hydrolysis) is 1. The molecule has 0 unspecified atom stereocenters. The molecule has 1 aliphatic carbocycles. The Kier molecular flexibility index (Phi) is 18.3. The van der Waals surface area contributed by atoms with Gasteiger partial charge in [-0.1, -0.05) is 173 Å². The molecule has 1 aliphatic rings. The number of rotatable bonds is 21.